The topological polar surface area (TPSA) is 43.4 Å². The molecule has 0 radical (unpaired) electrons. The van der Waals surface area contributed by atoms with Gasteiger partial charge < -0.3 is 4.74 Å². The van der Waals surface area contributed by atoms with Crippen molar-refractivity contribution in [3.63, 3.8) is 0 Å². The van der Waals surface area contributed by atoms with Crippen LogP contribution in [0.2, 0.25) is 5.02 Å². The summed E-state index contributed by atoms with van der Waals surface area (Å²) < 4.78 is 6.12. The summed E-state index contributed by atoms with van der Waals surface area (Å²) in [4.78, 5) is 23.1. The molecular formula is C13H8BrClO3S. The molecule has 2 aromatic rings. The third-order valence-electron chi connectivity index (χ3n) is 2.32. The molecule has 0 saturated heterocycles. The quantitative estimate of drug-likeness (QED) is 0.592. The van der Waals surface area contributed by atoms with Gasteiger partial charge in [0.1, 0.15) is 12.0 Å². The number of halogens is 2. The molecule has 0 spiro atoms. The van der Waals surface area contributed by atoms with Crippen LogP contribution in [0.15, 0.2) is 34.1 Å². The molecule has 1 aromatic carbocycles. The van der Waals surface area contributed by atoms with Crippen molar-refractivity contribution < 1.29 is 14.3 Å². The second-order valence-electron chi connectivity index (χ2n) is 3.62. The molecule has 0 aliphatic rings. The number of Topliss-reactive ketones (excluding diaryl/α,β-unsaturated/α-hetero) is 1. The number of thiophene rings is 1. The minimum absolute atomic E-state index is 0.0979. The summed E-state index contributed by atoms with van der Waals surface area (Å²) in [5.41, 5.74) is 0.463. The maximum absolute atomic E-state index is 11.9. The van der Waals surface area contributed by atoms with Gasteiger partial charge in [0.05, 0.1) is 9.90 Å². The Balaban J connectivity index is 2.05. The molecule has 0 saturated carbocycles. The molecule has 1 heterocycles. The van der Waals surface area contributed by atoms with Gasteiger partial charge in [-0.1, -0.05) is 11.6 Å². The SMILES string of the molecule is O=Cc1ccc(OCC(=O)c2sccc2Br)c(Cl)c1. The average Bonchev–Trinajstić information content (AvgIpc) is 2.83. The number of ketones is 1. The monoisotopic (exact) mass is 358 g/mol. The van der Waals surface area contributed by atoms with E-state index in [1.807, 2.05) is 11.4 Å². The minimum Gasteiger partial charge on any atom is -0.484 e. The first-order valence-electron chi connectivity index (χ1n) is 5.25. The fourth-order valence-corrected chi connectivity index (χ4v) is 3.17. The van der Waals surface area contributed by atoms with Crippen LogP contribution in [0.1, 0.15) is 20.0 Å². The van der Waals surface area contributed by atoms with E-state index in [1.165, 1.54) is 17.4 Å². The Kier molecular flexibility index (Phi) is 4.74. The second kappa shape index (κ2) is 6.32. The van der Waals surface area contributed by atoms with E-state index < -0.39 is 0 Å². The van der Waals surface area contributed by atoms with Crippen LogP contribution in [-0.4, -0.2) is 18.7 Å². The molecule has 0 aliphatic heterocycles. The standard InChI is InChI=1S/C13H8BrClO3S/c14-9-3-4-19-13(9)11(17)7-18-12-2-1-8(6-16)5-10(12)15/h1-6H,7H2. The van der Waals surface area contributed by atoms with Crippen molar-refractivity contribution in [1.29, 1.82) is 0 Å². The summed E-state index contributed by atoms with van der Waals surface area (Å²) in [7, 11) is 0. The highest BCUT2D eigenvalue weighted by Gasteiger charge is 2.13. The van der Waals surface area contributed by atoms with Crippen LogP contribution in [0.3, 0.4) is 0 Å². The largest absolute Gasteiger partial charge is 0.484 e. The summed E-state index contributed by atoms with van der Waals surface area (Å²) >= 11 is 10.6. The summed E-state index contributed by atoms with van der Waals surface area (Å²) in [6.45, 7) is -0.0979. The Morgan fingerprint density at radius 1 is 1.42 bits per heavy atom. The van der Waals surface area contributed by atoms with Gasteiger partial charge in [0, 0.05) is 10.0 Å². The van der Waals surface area contributed by atoms with Crippen molar-refractivity contribution in [2.75, 3.05) is 6.61 Å². The van der Waals surface area contributed by atoms with Gasteiger partial charge in [-0.3, -0.25) is 9.59 Å². The van der Waals surface area contributed by atoms with E-state index in [-0.39, 0.29) is 12.4 Å². The summed E-state index contributed by atoms with van der Waals surface area (Å²) in [6.07, 6.45) is 0.698. The van der Waals surface area contributed by atoms with Crippen LogP contribution in [0.25, 0.3) is 0 Å². The number of carbonyl (C=O) groups is 2. The van der Waals surface area contributed by atoms with Crippen LogP contribution >= 0.6 is 38.9 Å². The third-order valence-corrected chi connectivity index (χ3v) is 4.50. The Bertz CT molecular complexity index is 624. The lowest BCUT2D eigenvalue weighted by atomic mass is 10.2. The molecule has 2 rings (SSSR count). The molecule has 98 valence electrons. The molecule has 0 N–H and O–H groups in total. The smallest absolute Gasteiger partial charge is 0.211 e. The lowest BCUT2D eigenvalue weighted by Crippen LogP contribution is -2.10. The zero-order valence-corrected chi connectivity index (χ0v) is 12.7. The van der Waals surface area contributed by atoms with Crippen molar-refractivity contribution in [1.82, 2.24) is 0 Å². The first kappa shape index (κ1) is 14.2. The zero-order chi connectivity index (χ0) is 13.8. The Hall–Kier alpha value is -1.17. The molecule has 19 heavy (non-hydrogen) atoms. The summed E-state index contributed by atoms with van der Waals surface area (Å²) in [5.74, 6) is 0.255. The normalized spacial score (nSPS) is 10.2. The molecule has 0 unspecified atom stereocenters. The lowest BCUT2D eigenvalue weighted by molar-refractivity contribution is 0.0924. The van der Waals surface area contributed by atoms with Crippen LogP contribution in [0, 0.1) is 0 Å². The Labute approximate surface area is 127 Å². The number of carbonyl (C=O) groups excluding carboxylic acids is 2. The van der Waals surface area contributed by atoms with Crippen LogP contribution in [0.4, 0.5) is 0 Å². The molecule has 0 fully saturated rings. The fraction of sp³-hybridized carbons (Fsp3) is 0.0769. The van der Waals surface area contributed by atoms with Crippen molar-refractivity contribution in [2.24, 2.45) is 0 Å². The van der Waals surface area contributed by atoms with Crippen molar-refractivity contribution >= 4 is 50.9 Å². The molecule has 0 atom stereocenters. The third kappa shape index (κ3) is 3.43. The number of benzene rings is 1. The summed E-state index contributed by atoms with van der Waals surface area (Å²) in [5, 5.41) is 2.13. The molecule has 6 heteroatoms. The van der Waals surface area contributed by atoms with Gasteiger partial charge >= 0.3 is 0 Å². The predicted molar refractivity (Wildman–Crippen MR) is 78.7 cm³/mol. The van der Waals surface area contributed by atoms with E-state index in [2.05, 4.69) is 15.9 Å². The molecular weight excluding hydrogens is 352 g/mol. The van der Waals surface area contributed by atoms with Gasteiger partial charge in [0.2, 0.25) is 5.78 Å². The highest BCUT2D eigenvalue weighted by atomic mass is 79.9. The van der Waals surface area contributed by atoms with E-state index >= 15 is 0 Å². The first-order chi connectivity index (χ1) is 9.11. The molecule has 1 aromatic heterocycles. The van der Waals surface area contributed by atoms with Gasteiger partial charge in [-0.25, -0.2) is 0 Å². The zero-order valence-electron chi connectivity index (χ0n) is 9.56. The van der Waals surface area contributed by atoms with Crippen LogP contribution < -0.4 is 4.74 Å². The molecule has 0 amide bonds. The maximum Gasteiger partial charge on any atom is 0.211 e. The second-order valence-corrected chi connectivity index (χ2v) is 5.79. The number of ether oxygens (including phenoxy) is 1. The number of aldehydes is 1. The van der Waals surface area contributed by atoms with Crippen LogP contribution in [0.5, 0.6) is 5.75 Å². The lowest BCUT2D eigenvalue weighted by Gasteiger charge is -2.07. The van der Waals surface area contributed by atoms with E-state index in [4.69, 9.17) is 16.3 Å². The Morgan fingerprint density at radius 2 is 2.21 bits per heavy atom. The number of hydrogen-bond donors (Lipinski definition) is 0. The molecule has 0 bridgehead atoms. The predicted octanol–water partition coefficient (Wildman–Crippen LogP) is 4.24. The van der Waals surface area contributed by atoms with Crippen molar-refractivity contribution in [3.8, 4) is 5.75 Å². The van der Waals surface area contributed by atoms with Crippen molar-refractivity contribution in [3.05, 3.63) is 49.6 Å². The van der Waals surface area contributed by atoms with E-state index in [9.17, 15) is 9.59 Å². The fourth-order valence-electron chi connectivity index (χ4n) is 1.41. The number of hydrogen-bond acceptors (Lipinski definition) is 4. The van der Waals surface area contributed by atoms with Crippen LogP contribution in [-0.2, 0) is 0 Å². The summed E-state index contributed by atoms with van der Waals surface area (Å²) in [6, 6.07) is 6.46. The van der Waals surface area contributed by atoms with E-state index in [0.29, 0.717) is 27.5 Å². The van der Waals surface area contributed by atoms with Gasteiger partial charge in [-0.2, -0.15) is 0 Å². The average molecular weight is 360 g/mol. The minimum atomic E-state index is -0.127. The van der Waals surface area contributed by atoms with Gasteiger partial charge in [0.15, 0.2) is 6.61 Å². The maximum atomic E-state index is 11.9. The number of rotatable bonds is 5. The van der Waals surface area contributed by atoms with E-state index in [1.54, 1.807) is 12.1 Å². The Morgan fingerprint density at radius 3 is 2.79 bits per heavy atom. The molecule has 0 aliphatic carbocycles. The van der Waals surface area contributed by atoms with Gasteiger partial charge in [0.25, 0.3) is 0 Å². The molecule has 3 nitrogen and oxygen atoms in total. The highest BCUT2D eigenvalue weighted by Crippen LogP contribution is 2.26. The highest BCUT2D eigenvalue weighted by molar-refractivity contribution is 9.10. The first-order valence-corrected chi connectivity index (χ1v) is 7.30. The van der Waals surface area contributed by atoms with Gasteiger partial charge in [-0.05, 0) is 45.6 Å². The van der Waals surface area contributed by atoms with E-state index in [0.717, 1.165) is 4.47 Å². The van der Waals surface area contributed by atoms with Gasteiger partial charge in [-0.15, -0.1) is 11.3 Å². The van der Waals surface area contributed by atoms with Crippen molar-refractivity contribution in [2.45, 2.75) is 0 Å².